The first-order chi connectivity index (χ1) is 15.6. The molecule has 9 nitrogen and oxygen atoms in total. The number of aryl methyl sites for hydroxylation is 1. The maximum atomic E-state index is 12.4. The van der Waals surface area contributed by atoms with E-state index in [1.165, 1.54) is 25.5 Å². The van der Waals surface area contributed by atoms with E-state index in [1.807, 2.05) is 12.1 Å². The number of benzene rings is 2. The van der Waals surface area contributed by atoms with Crippen LogP contribution in [0, 0.1) is 6.92 Å². The van der Waals surface area contributed by atoms with E-state index in [2.05, 4.69) is 19.7 Å². The van der Waals surface area contributed by atoms with Gasteiger partial charge in [-0.1, -0.05) is 0 Å². The Labute approximate surface area is 195 Å². The van der Waals surface area contributed by atoms with E-state index in [0.29, 0.717) is 22.6 Å². The van der Waals surface area contributed by atoms with Gasteiger partial charge < -0.3 is 10.2 Å². The molecule has 33 heavy (non-hydrogen) atoms. The Hall–Kier alpha value is -2.79. The molecule has 0 aliphatic carbocycles. The highest BCUT2D eigenvalue weighted by atomic mass is 32.2. The monoisotopic (exact) mass is 494 g/mol. The van der Waals surface area contributed by atoms with Gasteiger partial charge in [0.25, 0.3) is 0 Å². The quantitative estimate of drug-likeness (QED) is 0.492. The lowest BCUT2D eigenvalue weighted by Gasteiger charge is -2.28. The number of carbonyl (C=O) groups is 1. The molecule has 3 N–H and O–H groups in total. The number of nitrogens with zero attached hydrogens (tertiary/aromatic N) is 1. The minimum atomic E-state index is -3.90. The number of hydrogen-bond donors (Lipinski definition) is 3. The summed E-state index contributed by atoms with van der Waals surface area (Å²) in [6.07, 6.45) is 3.54. The summed E-state index contributed by atoms with van der Waals surface area (Å²) in [5, 5.41) is 2.54. The van der Waals surface area contributed by atoms with Crippen LogP contribution in [0.5, 0.6) is 0 Å². The Morgan fingerprint density at radius 2 is 1.52 bits per heavy atom. The smallest absolute Gasteiger partial charge is 0.241 e. The van der Waals surface area contributed by atoms with Gasteiger partial charge in [0, 0.05) is 30.2 Å². The molecule has 1 heterocycles. The minimum Gasteiger partial charge on any atom is -0.372 e. The number of sulfonamides is 2. The number of hydrogen-bond acceptors (Lipinski definition) is 6. The minimum absolute atomic E-state index is 0.0588. The van der Waals surface area contributed by atoms with Gasteiger partial charge in [0.05, 0.1) is 11.4 Å². The molecule has 3 rings (SSSR count). The van der Waals surface area contributed by atoms with E-state index in [0.717, 1.165) is 31.6 Å². The fraction of sp³-hybridized carbons (Fsp3) is 0.409. The number of carbonyl (C=O) groups excluding carboxylic acids is 1. The van der Waals surface area contributed by atoms with Gasteiger partial charge in [-0.25, -0.2) is 16.8 Å². The van der Waals surface area contributed by atoms with Crippen LogP contribution in [0.4, 0.5) is 22.7 Å². The normalized spacial score (nSPS) is 14.5. The standard InChI is InChI=1S/C22H30N4O5S2/c1-3-32(28,29)25-21-12-9-19(15-17(21)2)23-22(27)16-33(30,31)24-18-7-10-20(11-8-18)26-13-5-4-6-14-26/h7-12,15,24-25H,3-6,13-14,16H2,1-2H3,(H,23,27). The molecule has 11 heteroatoms. The van der Waals surface area contributed by atoms with Crippen LogP contribution in [0.15, 0.2) is 42.5 Å². The first kappa shape index (κ1) is 24.8. The van der Waals surface area contributed by atoms with Crippen LogP contribution >= 0.6 is 0 Å². The van der Waals surface area contributed by atoms with Crippen molar-refractivity contribution in [3.8, 4) is 0 Å². The number of amides is 1. The predicted molar refractivity (Wildman–Crippen MR) is 133 cm³/mol. The first-order valence-corrected chi connectivity index (χ1v) is 14.1. The SMILES string of the molecule is CCS(=O)(=O)Nc1ccc(NC(=O)CS(=O)(=O)Nc2ccc(N3CCCCC3)cc2)cc1C. The van der Waals surface area contributed by atoms with Gasteiger partial charge >= 0.3 is 0 Å². The molecule has 2 aromatic rings. The molecular formula is C22H30N4O5S2. The van der Waals surface area contributed by atoms with E-state index >= 15 is 0 Å². The lowest BCUT2D eigenvalue weighted by atomic mass is 10.1. The van der Waals surface area contributed by atoms with E-state index in [9.17, 15) is 21.6 Å². The molecule has 0 unspecified atom stereocenters. The summed E-state index contributed by atoms with van der Waals surface area (Å²) in [6, 6.07) is 11.7. The zero-order valence-electron chi connectivity index (χ0n) is 18.8. The van der Waals surface area contributed by atoms with Crippen LogP contribution in [0.25, 0.3) is 0 Å². The van der Waals surface area contributed by atoms with E-state index in [1.54, 1.807) is 25.1 Å². The fourth-order valence-electron chi connectivity index (χ4n) is 3.57. The molecule has 180 valence electrons. The molecule has 0 spiro atoms. The molecule has 1 saturated heterocycles. The van der Waals surface area contributed by atoms with Crippen LogP contribution in [0.1, 0.15) is 31.7 Å². The Morgan fingerprint density at radius 1 is 0.879 bits per heavy atom. The second-order valence-corrected chi connectivity index (χ2v) is 11.8. The van der Waals surface area contributed by atoms with E-state index in [4.69, 9.17) is 0 Å². The van der Waals surface area contributed by atoms with Gasteiger partial charge in [-0.3, -0.25) is 14.2 Å². The van der Waals surface area contributed by atoms with Gasteiger partial charge in [0.2, 0.25) is 26.0 Å². The van der Waals surface area contributed by atoms with Gasteiger partial charge in [0.1, 0.15) is 5.75 Å². The summed E-state index contributed by atoms with van der Waals surface area (Å²) in [5.41, 5.74) is 2.82. The van der Waals surface area contributed by atoms with E-state index in [-0.39, 0.29) is 5.75 Å². The fourth-order valence-corrected chi connectivity index (χ4v) is 5.27. The Balaban J connectivity index is 1.57. The van der Waals surface area contributed by atoms with Crippen LogP contribution in [0.3, 0.4) is 0 Å². The summed E-state index contributed by atoms with van der Waals surface area (Å²) >= 11 is 0. The highest BCUT2D eigenvalue weighted by molar-refractivity contribution is 7.93. The van der Waals surface area contributed by atoms with Crippen molar-refractivity contribution in [1.29, 1.82) is 0 Å². The lowest BCUT2D eigenvalue weighted by molar-refractivity contribution is -0.113. The van der Waals surface area contributed by atoms with Crippen molar-refractivity contribution in [2.24, 2.45) is 0 Å². The summed E-state index contributed by atoms with van der Waals surface area (Å²) < 4.78 is 53.2. The summed E-state index contributed by atoms with van der Waals surface area (Å²) in [6.45, 7) is 5.21. The molecule has 1 aliphatic heterocycles. The van der Waals surface area contributed by atoms with Crippen LogP contribution in [0.2, 0.25) is 0 Å². The molecule has 0 bridgehead atoms. The molecule has 1 fully saturated rings. The number of piperidine rings is 1. The lowest BCUT2D eigenvalue weighted by Crippen LogP contribution is -2.29. The third kappa shape index (κ3) is 7.36. The zero-order chi connectivity index (χ0) is 24.1. The number of anilines is 4. The van der Waals surface area contributed by atoms with Crippen LogP contribution in [-0.4, -0.2) is 47.3 Å². The topological polar surface area (TPSA) is 125 Å². The summed E-state index contributed by atoms with van der Waals surface area (Å²) in [7, 11) is -7.33. The molecule has 1 amide bonds. The first-order valence-electron chi connectivity index (χ1n) is 10.8. The number of rotatable bonds is 9. The summed E-state index contributed by atoms with van der Waals surface area (Å²) in [5.74, 6) is -1.50. The second kappa shape index (κ2) is 10.4. The van der Waals surface area contributed by atoms with Crippen molar-refractivity contribution in [3.63, 3.8) is 0 Å². The third-order valence-corrected chi connectivity index (χ3v) is 7.82. The molecule has 2 aromatic carbocycles. The Kier molecular flexibility index (Phi) is 7.85. The summed E-state index contributed by atoms with van der Waals surface area (Å²) in [4.78, 5) is 14.6. The third-order valence-electron chi connectivity index (χ3n) is 5.34. The molecule has 0 atom stereocenters. The van der Waals surface area contributed by atoms with Crippen molar-refractivity contribution in [2.75, 3.05) is 44.3 Å². The molecule has 0 radical (unpaired) electrons. The van der Waals surface area contributed by atoms with E-state index < -0.39 is 31.7 Å². The molecule has 1 aliphatic rings. The second-order valence-electron chi connectivity index (χ2n) is 8.04. The van der Waals surface area contributed by atoms with Crippen molar-refractivity contribution in [2.45, 2.75) is 33.1 Å². The Bertz CT molecular complexity index is 1190. The Morgan fingerprint density at radius 3 is 2.12 bits per heavy atom. The van der Waals surface area contributed by atoms with Crippen molar-refractivity contribution in [1.82, 2.24) is 0 Å². The molecule has 0 saturated carbocycles. The van der Waals surface area contributed by atoms with Gasteiger partial charge in [-0.05, 0) is 81.1 Å². The molecule has 0 aromatic heterocycles. The average Bonchev–Trinajstić information content (AvgIpc) is 2.76. The zero-order valence-corrected chi connectivity index (χ0v) is 20.4. The predicted octanol–water partition coefficient (Wildman–Crippen LogP) is 3.13. The highest BCUT2D eigenvalue weighted by Crippen LogP contribution is 2.23. The van der Waals surface area contributed by atoms with Gasteiger partial charge in [-0.2, -0.15) is 0 Å². The maximum Gasteiger partial charge on any atom is 0.241 e. The number of nitrogens with one attached hydrogen (secondary N) is 3. The van der Waals surface area contributed by atoms with Crippen molar-refractivity contribution >= 4 is 48.7 Å². The average molecular weight is 495 g/mol. The van der Waals surface area contributed by atoms with Crippen LogP contribution in [-0.2, 0) is 24.8 Å². The van der Waals surface area contributed by atoms with Crippen LogP contribution < -0.4 is 19.7 Å². The highest BCUT2D eigenvalue weighted by Gasteiger charge is 2.18. The van der Waals surface area contributed by atoms with Gasteiger partial charge in [0.15, 0.2) is 0 Å². The van der Waals surface area contributed by atoms with Crippen molar-refractivity contribution in [3.05, 3.63) is 48.0 Å². The van der Waals surface area contributed by atoms with Gasteiger partial charge in [-0.15, -0.1) is 0 Å². The molecular weight excluding hydrogens is 464 g/mol. The largest absolute Gasteiger partial charge is 0.372 e. The maximum absolute atomic E-state index is 12.4. The van der Waals surface area contributed by atoms with Crippen molar-refractivity contribution < 1.29 is 21.6 Å².